The van der Waals surface area contributed by atoms with Crippen molar-refractivity contribution in [2.45, 2.75) is 30.7 Å². The van der Waals surface area contributed by atoms with Crippen LogP contribution in [0.25, 0.3) is 0 Å². The lowest BCUT2D eigenvalue weighted by Crippen LogP contribution is -2.47. The molecule has 9 heteroatoms. The third kappa shape index (κ3) is 3.35. The van der Waals surface area contributed by atoms with Crippen LogP contribution < -0.4 is 10.5 Å². The van der Waals surface area contributed by atoms with Crippen molar-refractivity contribution in [2.75, 3.05) is 17.2 Å². The van der Waals surface area contributed by atoms with E-state index in [0.717, 1.165) is 6.07 Å². The van der Waals surface area contributed by atoms with Crippen LogP contribution in [0.2, 0.25) is 0 Å². The number of hydrogen-bond donors (Lipinski definition) is 2. The fourth-order valence-corrected chi connectivity index (χ4v) is 6.24. The van der Waals surface area contributed by atoms with E-state index in [1.165, 1.54) is 19.9 Å². The standard InChI is InChI=1S/C12H17FN2O4S2/c1-8-5-9(14)6-10(11(8)13)21(18,19)15-12(2)3-4-20(16,17)7-12/h5-6,15H,3-4,7,14H2,1-2H3. The third-order valence-electron chi connectivity index (χ3n) is 3.42. The SMILES string of the molecule is Cc1cc(N)cc(S(=O)(=O)NC2(C)CCS(=O)(=O)C2)c1F. The lowest BCUT2D eigenvalue weighted by Gasteiger charge is -2.24. The number of halogens is 1. The Hall–Kier alpha value is -1.19. The summed E-state index contributed by atoms with van der Waals surface area (Å²) in [5.41, 5.74) is 4.65. The molecular weight excluding hydrogens is 319 g/mol. The van der Waals surface area contributed by atoms with Crippen LogP contribution in [0.5, 0.6) is 0 Å². The van der Waals surface area contributed by atoms with Crippen LogP contribution in [-0.2, 0) is 19.9 Å². The minimum Gasteiger partial charge on any atom is -0.399 e. The maximum absolute atomic E-state index is 14.0. The topological polar surface area (TPSA) is 106 Å². The van der Waals surface area contributed by atoms with Gasteiger partial charge in [0.15, 0.2) is 9.84 Å². The van der Waals surface area contributed by atoms with Gasteiger partial charge in [-0.1, -0.05) is 0 Å². The third-order valence-corrected chi connectivity index (χ3v) is 6.96. The van der Waals surface area contributed by atoms with Crippen molar-refractivity contribution in [3.05, 3.63) is 23.5 Å². The second kappa shape index (κ2) is 4.92. The van der Waals surface area contributed by atoms with Gasteiger partial charge in [0, 0.05) is 11.2 Å². The molecule has 0 aromatic heterocycles. The largest absolute Gasteiger partial charge is 0.399 e. The van der Waals surface area contributed by atoms with E-state index in [9.17, 15) is 21.2 Å². The van der Waals surface area contributed by atoms with E-state index in [4.69, 9.17) is 5.73 Å². The Morgan fingerprint density at radius 1 is 1.38 bits per heavy atom. The summed E-state index contributed by atoms with van der Waals surface area (Å²) in [7, 11) is -7.48. The molecule has 1 heterocycles. The minimum absolute atomic E-state index is 0.0928. The lowest BCUT2D eigenvalue weighted by molar-refractivity contribution is 0.458. The van der Waals surface area contributed by atoms with Crippen molar-refractivity contribution in [2.24, 2.45) is 0 Å². The summed E-state index contributed by atoms with van der Waals surface area (Å²) in [6.07, 6.45) is 0.150. The molecule has 0 spiro atoms. The zero-order chi connectivity index (χ0) is 16.1. The van der Waals surface area contributed by atoms with Gasteiger partial charge in [-0.15, -0.1) is 0 Å². The molecule has 1 unspecified atom stereocenters. The molecule has 21 heavy (non-hydrogen) atoms. The fourth-order valence-electron chi connectivity index (χ4n) is 2.43. The van der Waals surface area contributed by atoms with Gasteiger partial charge in [0.1, 0.15) is 10.7 Å². The molecule has 0 aliphatic carbocycles. The van der Waals surface area contributed by atoms with E-state index in [2.05, 4.69) is 4.72 Å². The Balaban J connectivity index is 2.41. The van der Waals surface area contributed by atoms with Crippen molar-refractivity contribution in [3.63, 3.8) is 0 Å². The van der Waals surface area contributed by atoms with Gasteiger partial charge in [-0.3, -0.25) is 0 Å². The Morgan fingerprint density at radius 2 is 2.00 bits per heavy atom. The van der Waals surface area contributed by atoms with Crippen molar-refractivity contribution in [3.8, 4) is 0 Å². The van der Waals surface area contributed by atoms with E-state index >= 15 is 0 Å². The molecule has 0 bridgehead atoms. The molecule has 3 N–H and O–H groups in total. The summed E-state index contributed by atoms with van der Waals surface area (Å²) >= 11 is 0. The average molecular weight is 336 g/mol. The number of anilines is 1. The number of rotatable bonds is 3. The highest BCUT2D eigenvalue weighted by Crippen LogP contribution is 2.27. The zero-order valence-corrected chi connectivity index (χ0v) is 13.3. The summed E-state index contributed by atoms with van der Waals surface area (Å²) < 4.78 is 64.0. The number of sulfone groups is 1. The molecule has 0 amide bonds. The van der Waals surface area contributed by atoms with Gasteiger partial charge in [-0.05, 0) is 38.0 Å². The second-order valence-electron chi connectivity index (χ2n) is 5.66. The number of nitrogens with two attached hydrogens (primary N) is 1. The molecule has 1 fully saturated rings. The van der Waals surface area contributed by atoms with Crippen molar-refractivity contribution in [1.29, 1.82) is 0 Å². The van der Waals surface area contributed by atoms with E-state index in [1.54, 1.807) is 0 Å². The van der Waals surface area contributed by atoms with E-state index in [-0.39, 0.29) is 29.2 Å². The maximum atomic E-state index is 14.0. The predicted molar refractivity (Wildman–Crippen MR) is 77.5 cm³/mol. The summed E-state index contributed by atoms with van der Waals surface area (Å²) in [6, 6.07) is 2.35. The fraction of sp³-hybridized carbons (Fsp3) is 0.500. The van der Waals surface area contributed by atoms with E-state index in [1.807, 2.05) is 0 Å². The first-order valence-electron chi connectivity index (χ1n) is 6.24. The molecule has 2 rings (SSSR count). The molecule has 1 aliphatic rings. The number of aryl methyl sites for hydroxylation is 1. The van der Waals surface area contributed by atoms with Crippen LogP contribution in [0.15, 0.2) is 17.0 Å². The molecule has 118 valence electrons. The number of sulfonamides is 1. The quantitative estimate of drug-likeness (QED) is 0.785. The zero-order valence-electron chi connectivity index (χ0n) is 11.7. The summed E-state index contributed by atoms with van der Waals surface area (Å²) in [5.74, 6) is -1.28. The molecule has 0 saturated carbocycles. The Bertz CT molecular complexity index is 790. The first-order chi connectivity index (χ1) is 9.44. The average Bonchev–Trinajstić information content (AvgIpc) is 2.56. The van der Waals surface area contributed by atoms with Gasteiger partial charge in [-0.25, -0.2) is 25.9 Å². The monoisotopic (exact) mass is 336 g/mol. The van der Waals surface area contributed by atoms with Crippen LogP contribution in [0, 0.1) is 12.7 Å². The summed E-state index contributed by atoms with van der Waals surface area (Å²) in [4.78, 5) is -0.564. The van der Waals surface area contributed by atoms with Gasteiger partial charge in [0.05, 0.1) is 11.5 Å². The Kier molecular flexibility index (Phi) is 3.79. The van der Waals surface area contributed by atoms with E-state index < -0.39 is 36.1 Å². The number of nitrogens with one attached hydrogen (secondary N) is 1. The van der Waals surface area contributed by atoms with Gasteiger partial charge in [0.2, 0.25) is 10.0 Å². The summed E-state index contributed by atoms with van der Waals surface area (Å²) in [5, 5.41) is 0. The minimum atomic E-state index is -4.20. The van der Waals surface area contributed by atoms with Crippen LogP contribution >= 0.6 is 0 Å². The molecule has 1 aliphatic heterocycles. The molecule has 1 aromatic carbocycles. The number of benzene rings is 1. The molecular formula is C12H17FN2O4S2. The van der Waals surface area contributed by atoms with Crippen LogP contribution in [0.4, 0.5) is 10.1 Å². The molecule has 1 atom stereocenters. The van der Waals surface area contributed by atoms with E-state index in [0.29, 0.717) is 0 Å². The smallest absolute Gasteiger partial charge is 0.244 e. The van der Waals surface area contributed by atoms with Crippen molar-refractivity contribution < 1.29 is 21.2 Å². The highest BCUT2D eigenvalue weighted by atomic mass is 32.2. The van der Waals surface area contributed by atoms with Crippen molar-refractivity contribution in [1.82, 2.24) is 4.72 Å². The number of hydrogen-bond acceptors (Lipinski definition) is 5. The van der Waals surface area contributed by atoms with Crippen LogP contribution in [0.3, 0.4) is 0 Å². The second-order valence-corrected chi connectivity index (χ2v) is 9.49. The Labute approximate surface area is 123 Å². The van der Waals surface area contributed by atoms with Gasteiger partial charge in [-0.2, -0.15) is 0 Å². The normalized spacial score (nSPS) is 25.1. The van der Waals surface area contributed by atoms with Crippen LogP contribution in [-0.4, -0.2) is 33.9 Å². The first-order valence-corrected chi connectivity index (χ1v) is 9.55. The first kappa shape index (κ1) is 16.2. The van der Waals surface area contributed by atoms with Crippen molar-refractivity contribution >= 4 is 25.5 Å². The predicted octanol–water partition coefficient (Wildman–Crippen LogP) is 0.572. The highest BCUT2D eigenvalue weighted by Gasteiger charge is 2.42. The lowest BCUT2D eigenvalue weighted by atomic mass is 10.0. The van der Waals surface area contributed by atoms with Gasteiger partial charge < -0.3 is 5.73 Å². The molecule has 6 nitrogen and oxygen atoms in total. The van der Waals surface area contributed by atoms with Gasteiger partial charge >= 0.3 is 0 Å². The highest BCUT2D eigenvalue weighted by molar-refractivity contribution is 7.92. The van der Waals surface area contributed by atoms with Gasteiger partial charge in [0.25, 0.3) is 0 Å². The molecule has 1 saturated heterocycles. The maximum Gasteiger partial charge on any atom is 0.244 e. The Morgan fingerprint density at radius 3 is 2.52 bits per heavy atom. The number of nitrogen functional groups attached to an aromatic ring is 1. The summed E-state index contributed by atoms with van der Waals surface area (Å²) in [6.45, 7) is 2.90. The molecule has 1 aromatic rings. The van der Waals surface area contributed by atoms with Crippen LogP contribution in [0.1, 0.15) is 18.9 Å². The molecule has 0 radical (unpaired) electrons.